The third-order valence-electron chi connectivity index (χ3n) is 6.19. The zero-order valence-corrected chi connectivity index (χ0v) is 24.3. The number of hydrogen-bond donors (Lipinski definition) is 1. The molecular weight excluding hydrogens is 542 g/mol. The Morgan fingerprint density at radius 3 is 2.28 bits per heavy atom. The average molecular weight is 581 g/mol. The first-order valence-corrected chi connectivity index (χ1v) is 14.9. The van der Waals surface area contributed by atoms with E-state index in [0.29, 0.717) is 25.2 Å². The fourth-order valence-corrected chi connectivity index (χ4v) is 5.01. The van der Waals surface area contributed by atoms with Crippen molar-refractivity contribution in [3.05, 3.63) is 63.6 Å². The first-order chi connectivity index (χ1) is 16.9. The minimum Gasteiger partial charge on any atom is -0.354 e. The Hall–Kier alpha value is -2.39. The lowest BCUT2D eigenvalue weighted by Crippen LogP contribution is -2.47. The van der Waals surface area contributed by atoms with E-state index in [-0.39, 0.29) is 24.8 Å². The van der Waals surface area contributed by atoms with Gasteiger partial charge >= 0.3 is 0 Å². The molecule has 2 aromatic rings. The molecule has 0 spiro atoms. The molecule has 2 aromatic carbocycles. The highest BCUT2D eigenvalue weighted by Gasteiger charge is 2.26. The van der Waals surface area contributed by atoms with Crippen LogP contribution in [0.4, 0.5) is 5.69 Å². The number of rotatable bonds is 13. The number of carbonyl (C=O) groups is 2. The summed E-state index contributed by atoms with van der Waals surface area (Å²) in [5, 5.41) is 2.91. The van der Waals surface area contributed by atoms with E-state index in [1.165, 1.54) is 10.6 Å². The molecule has 0 bridgehead atoms. The van der Waals surface area contributed by atoms with Crippen LogP contribution in [0.25, 0.3) is 0 Å². The van der Waals surface area contributed by atoms with Crippen LogP contribution in [0.1, 0.15) is 56.2 Å². The summed E-state index contributed by atoms with van der Waals surface area (Å²) < 4.78 is 27.3. The largest absolute Gasteiger partial charge is 0.354 e. The molecule has 0 aromatic heterocycles. The zero-order chi connectivity index (χ0) is 26.9. The summed E-state index contributed by atoms with van der Waals surface area (Å²) in [7, 11) is -3.52. The van der Waals surface area contributed by atoms with Crippen molar-refractivity contribution in [3.63, 3.8) is 0 Å². The predicted octanol–water partition coefficient (Wildman–Crippen LogP) is 4.95. The Bertz CT molecular complexity index is 1140. The third kappa shape index (κ3) is 8.92. The molecule has 0 aliphatic heterocycles. The predicted molar refractivity (Wildman–Crippen MR) is 149 cm³/mol. The molecule has 0 aliphatic rings. The lowest BCUT2D eigenvalue weighted by Gasteiger charge is -2.29. The molecule has 0 fully saturated rings. The second kappa shape index (κ2) is 13.8. The van der Waals surface area contributed by atoms with E-state index >= 15 is 0 Å². The van der Waals surface area contributed by atoms with Crippen molar-refractivity contribution in [2.24, 2.45) is 0 Å². The second-order valence-electron chi connectivity index (χ2n) is 9.18. The number of sulfonamides is 1. The number of carbonyl (C=O) groups excluding carboxylic acids is 2. The number of nitrogens with zero attached hydrogens (tertiary/aromatic N) is 2. The van der Waals surface area contributed by atoms with Crippen LogP contribution in [0.5, 0.6) is 0 Å². The number of amides is 2. The fourth-order valence-electron chi connectivity index (χ4n) is 3.79. The molecule has 2 amide bonds. The number of aryl methyl sites for hydroxylation is 2. The van der Waals surface area contributed by atoms with E-state index in [2.05, 4.69) is 28.2 Å². The van der Waals surface area contributed by atoms with E-state index in [4.69, 9.17) is 0 Å². The number of hydrogen-bond acceptors (Lipinski definition) is 4. The van der Waals surface area contributed by atoms with Gasteiger partial charge in [0.1, 0.15) is 6.04 Å². The van der Waals surface area contributed by atoms with Gasteiger partial charge in [0, 0.05) is 30.5 Å². The molecular formula is C27H38BrN3O4S. The summed E-state index contributed by atoms with van der Waals surface area (Å²) in [6.07, 6.45) is 3.47. The number of anilines is 1. The molecule has 1 N–H and O–H groups in total. The van der Waals surface area contributed by atoms with Crippen LogP contribution in [-0.2, 0) is 26.2 Å². The van der Waals surface area contributed by atoms with Crippen LogP contribution in [0, 0.1) is 13.8 Å². The number of halogens is 1. The topological polar surface area (TPSA) is 86.8 Å². The van der Waals surface area contributed by atoms with Crippen LogP contribution in [-0.4, -0.2) is 50.5 Å². The average Bonchev–Trinajstić information content (AvgIpc) is 2.82. The van der Waals surface area contributed by atoms with Crippen molar-refractivity contribution in [1.82, 2.24) is 10.2 Å². The lowest BCUT2D eigenvalue weighted by molar-refractivity contribution is -0.140. The van der Waals surface area contributed by atoms with E-state index in [9.17, 15) is 18.0 Å². The van der Waals surface area contributed by atoms with Crippen molar-refractivity contribution in [3.8, 4) is 0 Å². The summed E-state index contributed by atoms with van der Waals surface area (Å²) >= 11 is 3.42. The molecule has 0 unspecified atom stereocenters. The maximum absolute atomic E-state index is 13.3. The molecule has 0 saturated heterocycles. The van der Waals surface area contributed by atoms with Crippen molar-refractivity contribution in [2.75, 3.05) is 23.7 Å². The van der Waals surface area contributed by atoms with Gasteiger partial charge in [0.25, 0.3) is 0 Å². The van der Waals surface area contributed by atoms with Gasteiger partial charge in [0.15, 0.2) is 0 Å². The molecule has 36 heavy (non-hydrogen) atoms. The van der Waals surface area contributed by atoms with E-state index in [1.807, 2.05) is 50.2 Å². The first kappa shape index (κ1) is 29.8. The minimum absolute atomic E-state index is 0.125. The molecule has 0 radical (unpaired) electrons. The highest BCUT2D eigenvalue weighted by atomic mass is 79.9. The summed E-state index contributed by atoms with van der Waals surface area (Å²) in [5.74, 6) is -0.383. The van der Waals surface area contributed by atoms with Gasteiger partial charge in [-0.25, -0.2) is 8.42 Å². The molecule has 0 heterocycles. The summed E-state index contributed by atoms with van der Waals surface area (Å²) in [4.78, 5) is 27.7. The Balaban J connectivity index is 2.15. The molecule has 198 valence electrons. The smallest absolute Gasteiger partial charge is 0.242 e. The van der Waals surface area contributed by atoms with Gasteiger partial charge in [-0.2, -0.15) is 0 Å². The standard InChI is InChI=1S/C27H38BrN3O4S/c1-6-7-16-29-27(33)22(4)30(19-23-11-13-24(28)14-12-23)26(32)9-8-17-31(36(5,34)35)25-15-10-20(2)21(3)18-25/h10-15,18,22H,6-9,16-17,19H2,1-5H3,(H,29,33)/t22-/m1/s1. The number of nitrogens with one attached hydrogen (secondary N) is 1. The van der Waals surface area contributed by atoms with Crippen molar-refractivity contribution in [2.45, 2.75) is 66.0 Å². The van der Waals surface area contributed by atoms with Crippen molar-refractivity contribution < 1.29 is 18.0 Å². The number of unbranched alkanes of at least 4 members (excludes halogenated alkanes) is 1. The third-order valence-corrected chi connectivity index (χ3v) is 7.92. The van der Waals surface area contributed by atoms with E-state index in [1.54, 1.807) is 17.9 Å². The van der Waals surface area contributed by atoms with Gasteiger partial charge in [-0.05, 0) is 74.6 Å². The maximum atomic E-state index is 13.3. The molecule has 1 atom stereocenters. The van der Waals surface area contributed by atoms with Gasteiger partial charge in [-0.3, -0.25) is 13.9 Å². The van der Waals surface area contributed by atoms with Crippen LogP contribution in [0.15, 0.2) is 46.9 Å². The highest BCUT2D eigenvalue weighted by molar-refractivity contribution is 9.10. The maximum Gasteiger partial charge on any atom is 0.242 e. The van der Waals surface area contributed by atoms with Crippen molar-refractivity contribution >= 4 is 43.5 Å². The van der Waals surface area contributed by atoms with Gasteiger partial charge in [0.05, 0.1) is 11.9 Å². The SMILES string of the molecule is CCCCNC(=O)[C@@H](C)N(Cc1ccc(Br)cc1)C(=O)CCCN(c1ccc(C)c(C)c1)S(C)(=O)=O. The van der Waals surface area contributed by atoms with Gasteiger partial charge in [-0.1, -0.05) is 47.5 Å². The summed E-state index contributed by atoms with van der Waals surface area (Å²) in [6.45, 7) is 8.74. The Morgan fingerprint density at radius 1 is 1.03 bits per heavy atom. The summed E-state index contributed by atoms with van der Waals surface area (Å²) in [5.41, 5.74) is 3.58. The molecule has 2 rings (SSSR count). The van der Waals surface area contributed by atoms with E-state index in [0.717, 1.165) is 34.0 Å². The normalized spacial score (nSPS) is 12.2. The van der Waals surface area contributed by atoms with Crippen LogP contribution in [0.2, 0.25) is 0 Å². The second-order valence-corrected chi connectivity index (χ2v) is 12.0. The van der Waals surface area contributed by atoms with E-state index < -0.39 is 16.1 Å². The molecule has 0 saturated carbocycles. The fraction of sp³-hybridized carbons (Fsp3) is 0.481. The first-order valence-electron chi connectivity index (χ1n) is 12.3. The monoisotopic (exact) mass is 579 g/mol. The van der Waals surface area contributed by atoms with Crippen molar-refractivity contribution in [1.29, 1.82) is 0 Å². The number of benzene rings is 2. The van der Waals surface area contributed by atoms with Crippen LogP contribution < -0.4 is 9.62 Å². The molecule has 9 heteroatoms. The molecule has 7 nitrogen and oxygen atoms in total. The van der Waals surface area contributed by atoms with Gasteiger partial charge in [0.2, 0.25) is 21.8 Å². The Labute approximate surface area is 224 Å². The van der Waals surface area contributed by atoms with Gasteiger partial charge in [-0.15, -0.1) is 0 Å². The Morgan fingerprint density at radius 2 is 1.69 bits per heavy atom. The minimum atomic E-state index is -3.52. The molecule has 0 aliphatic carbocycles. The van der Waals surface area contributed by atoms with Gasteiger partial charge < -0.3 is 10.2 Å². The van der Waals surface area contributed by atoms with Crippen LogP contribution in [0.3, 0.4) is 0 Å². The zero-order valence-electron chi connectivity index (χ0n) is 21.9. The quantitative estimate of drug-likeness (QED) is 0.340. The summed E-state index contributed by atoms with van der Waals surface area (Å²) in [6, 6.07) is 12.5. The highest BCUT2D eigenvalue weighted by Crippen LogP contribution is 2.22. The van der Waals surface area contributed by atoms with Crippen LogP contribution >= 0.6 is 15.9 Å². The Kier molecular flexibility index (Phi) is 11.4. The lowest BCUT2D eigenvalue weighted by atomic mass is 10.1.